The molecule has 4 nitrogen and oxygen atoms in total. The highest BCUT2D eigenvalue weighted by molar-refractivity contribution is 7.89. The molecule has 1 aromatic carbocycles. The Morgan fingerprint density at radius 3 is 2.37 bits per heavy atom. The van der Waals surface area contributed by atoms with Crippen molar-refractivity contribution >= 4 is 15.7 Å². The first-order valence-electron chi connectivity index (χ1n) is 5.62. The lowest BCUT2D eigenvalue weighted by Crippen LogP contribution is -2.29. The lowest BCUT2D eigenvalue weighted by Gasteiger charge is -2.17. The number of rotatable bonds is 6. The molecule has 19 heavy (non-hydrogen) atoms. The molecule has 0 bridgehead atoms. The number of nitrogens with two attached hydrogens (primary N) is 1. The summed E-state index contributed by atoms with van der Waals surface area (Å²) in [6, 6.07) is 1.57. The molecule has 1 rings (SSSR count). The van der Waals surface area contributed by atoms with Crippen molar-refractivity contribution in [2.45, 2.75) is 17.7 Å². The maximum Gasteiger partial charge on any atom is 0.248 e. The van der Waals surface area contributed by atoms with Crippen molar-refractivity contribution in [3.63, 3.8) is 0 Å². The third-order valence-electron chi connectivity index (χ3n) is 2.57. The number of nitrogen functional groups attached to an aromatic ring is 1. The monoisotopic (exact) mass is 290 g/mol. The predicted octanol–water partition coefficient (Wildman–Crippen LogP) is 2.13. The van der Waals surface area contributed by atoms with Gasteiger partial charge in [0.25, 0.3) is 0 Å². The molecule has 0 fully saturated rings. The Bertz CT molecular complexity index is 550. The third kappa shape index (κ3) is 3.51. The highest BCUT2D eigenvalue weighted by Gasteiger charge is 2.28. The summed E-state index contributed by atoms with van der Waals surface area (Å²) in [4.78, 5) is -0.970. The summed E-state index contributed by atoms with van der Waals surface area (Å²) in [6.07, 6.45) is 2.79. The van der Waals surface area contributed by atoms with Crippen molar-refractivity contribution in [2.75, 3.05) is 19.3 Å². The second kappa shape index (κ2) is 6.12. The van der Waals surface area contributed by atoms with Gasteiger partial charge >= 0.3 is 0 Å². The Kier molecular flexibility index (Phi) is 5.02. The van der Waals surface area contributed by atoms with E-state index in [0.717, 1.165) is 16.4 Å². The van der Waals surface area contributed by atoms with Crippen molar-refractivity contribution in [3.8, 4) is 0 Å². The lowest BCUT2D eigenvalue weighted by atomic mass is 10.3. The van der Waals surface area contributed by atoms with Crippen molar-refractivity contribution in [1.82, 2.24) is 4.31 Å². The van der Waals surface area contributed by atoms with Gasteiger partial charge < -0.3 is 5.73 Å². The molecule has 106 valence electrons. The first kappa shape index (κ1) is 15.6. The van der Waals surface area contributed by atoms with E-state index in [4.69, 9.17) is 5.73 Å². The van der Waals surface area contributed by atoms with Crippen LogP contribution in [0.15, 0.2) is 29.7 Å². The van der Waals surface area contributed by atoms with E-state index in [1.807, 2.05) is 0 Å². The largest absolute Gasteiger partial charge is 0.399 e. The zero-order valence-electron chi connectivity index (χ0n) is 10.6. The molecular weight excluding hydrogens is 274 g/mol. The van der Waals surface area contributed by atoms with E-state index in [-0.39, 0.29) is 12.2 Å². The smallest absolute Gasteiger partial charge is 0.248 e. The van der Waals surface area contributed by atoms with E-state index in [0.29, 0.717) is 12.8 Å². The maximum atomic E-state index is 13.6. The molecule has 0 aliphatic rings. The van der Waals surface area contributed by atoms with E-state index in [1.54, 1.807) is 6.08 Å². The molecule has 0 atom stereocenters. The fourth-order valence-electron chi connectivity index (χ4n) is 1.56. The molecule has 0 aliphatic heterocycles. The maximum absolute atomic E-state index is 13.6. The minimum atomic E-state index is -4.20. The van der Waals surface area contributed by atoms with Gasteiger partial charge in [-0.25, -0.2) is 21.5 Å². The molecule has 0 aliphatic carbocycles. The van der Waals surface area contributed by atoms with Gasteiger partial charge in [-0.1, -0.05) is 6.08 Å². The summed E-state index contributed by atoms with van der Waals surface area (Å²) in [5, 5.41) is 0. The van der Waals surface area contributed by atoms with E-state index < -0.39 is 26.6 Å². The first-order valence-corrected chi connectivity index (χ1v) is 7.06. The molecule has 0 saturated heterocycles. The highest BCUT2D eigenvalue weighted by atomic mass is 32.2. The SMILES string of the molecule is C=CCCCN(C)S(=O)(=O)c1c(F)cc(N)cc1F. The van der Waals surface area contributed by atoms with Crippen LogP contribution in [-0.2, 0) is 10.0 Å². The van der Waals surface area contributed by atoms with Gasteiger partial charge in [0.15, 0.2) is 4.90 Å². The molecule has 0 spiro atoms. The summed E-state index contributed by atoms with van der Waals surface area (Å²) in [6.45, 7) is 3.66. The second-order valence-electron chi connectivity index (χ2n) is 4.07. The number of allylic oxidation sites excluding steroid dienone is 1. The van der Waals surface area contributed by atoms with Crippen LogP contribution in [0, 0.1) is 11.6 Å². The number of unbranched alkanes of at least 4 members (excludes halogenated alkanes) is 1. The van der Waals surface area contributed by atoms with Crippen molar-refractivity contribution < 1.29 is 17.2 Å². The fourth-order valence-corrected chi connectivity index (χ4v) is 2.85. The molecule has 0 heterocycles. The fraction of sp³-hybridized carbons (Fsp3) is 0.333. The van der Waals surface area contributed by atoms with Crippen LogP contribution >= 0.6 is 0 Å². The minimum absolute atomic E-state index is 0.150. The topological polar surface area (TPSA) is 63.4 Å². The Morgan fingerprint density at radius 2 is 1.89 bits per heavy atom. The van der Waals surface area contributed by atoms with Crippen LogP contribution in [0.2, 0.25) is 0 Å². The number of hydrogen-bond donors (Lipinski definition) is 1. The summed E-state index contributed by atoms with van der Waals surface area (Å²) in [7, 11) is -2.93. The average molecular weight is 290 g/mol. The first-order chi connectivity index (χ1) is 8.80. The van der Waals surface area contributed by atoms with Crippen LogP contribution in [0.25, 0.3) is 0 Å². The number of benzene rings is 1. The number of halogens is 2. The van der Waals surface area contributed by atoms with Crippen LogP contribution in [-0.4, -0.2) is 26.3 Å². The molecule has 0 saturated carbocycles. The molecule has 0 radical (unpaired) electrons. The molecule has 0 amide bonds. The van der Waals surface area contributed by atoms with Gasteiger partial charge in [0, 0.05) is 19.3 Å². The second-order valence-corrected chi connectivity index (χ2v) is 6.05. The van der Waals surface area contributed by atoms with Gasteiger partial charge in [-0.3, -0.25) is 0 Å². The molecule has 0 unspecified atom stereocenters. The van der Waals surface area contributed by atoms with Crippen molar-refractivity contribution in [3.05, 3.63) is 36.4 Å². The number of sulfonamides is 1. The van der Waals surface area contributed by atoms with Gasteiger partial charge in [-0.05, 0) is 25.0 Å². The Balaban J connectivity index is 3.10. The van der Waals surface area contributed by atoms with Crippen molar-refractivity contribution in [1.29, 1.82) is 0 Å². The van der Waals surface area contributed by atoms with Crippen LogP contribution in [0.4, 0.5) is 14.5 Å². The van der Waals surface area contributed by atoms with Gasteiger partial charge in [-0.2, -0.15) is 0 Å². The van der Waals surface area contributed by atoms with E-state index in [2.05, 4.69) is 6.58 Å². The number of hydrogen-bond acceptors (Lipinski definition) is 3. The highest BCUT2D eigenvalue weighted by Crippen LogP contribution is 2.24. The molecule has 2 N–H and O–H groups in total. The number of anilines is 1. The quantitative estimate of drug-likeness (QED) is 0.496. The third-order valence-corrected chi connectivity index (χ3v) is 4.48. The summed E-state index contributed by atoms with van der Waals surface area (Å²) < 4.78 is 52.3. The molecular formula is C12H16F2N2O2S. The van der Waals surface area contributed by atoms with E-state index in [9.17, 15) is 17.2 Å². The van der Waals surface area contributed by atoms with Crippen molar-refractivity contribution in [2.24, 2.45) is 0 Å². The van der Waals surface area contributed by atoms with Gasteiger partial charge in [-0.15, -0.1) is 6.58 Å². The average Bonchev–Trinajstić information content (AvgIpc) is 2.27. The van der Waals surface area contributed by atoms with E-state index in [1.165, 1.54) is 7.05 Å². The van der Waals surface area contributed by atoms with Crippen LogP contribution < -0.4 is 5.73 Å². The van der Waals surface area contributed by atoms with Crippen LogP contribution in [0.5, 0.6) is 0 Å². The van der Waals surface area contributed by atoms with Gasteiger partial charge in [0.1, 0.15) is 11.6 Å². The zero-order chi connectivity index (χ0) is 14.6. The number of nitrogens with zero attached hydrogens (tertiary/aromatic N) is 1. The molecule has 0 aromatic heterocycles. The van der Waals surface area contributed by atoms with E-state index >= 15 is 0 Å². The Hall–Kier alpha value is -1.47. The molecule has 1 aromatic rings. The van der Waals surface area contributed by atoms with Gasteiger partial charge in [0.05, 0.1) is 0 Å². The normalized spacial score (nSPS) is 11.8. The minimum Gasteiger partial charge on any atom is -0.399 e. The van der Waals surface area contributed by atoms with Crippen LogP contribution in [0.1, 0.15) is 12.8 Å². The van der Waals surface area contributed by atoms with Gasteiger partial charge in [0.2, 0.25) is 10.0 Å². The summed E-state index contributed by atoms with van der Waals surface area (Å²) >= 11 is 0. The summed E-state index contributed by atoms with van der Waals surface area (Å²) in [5.74, 6) is -2.37. The Labute approximate surface area is 111 Å². The predicted molar refractivity (Wildman–Crippen MR) is 70.0 cm³/mol. The standard InChI is InChI=1S/C12H16F2N2O2S/c1-3-4-5-6-16(2)19(17,18)12-10(13)7-9(15)8-11(12)14/h3,7-8H,1,4-6,15H2,2H3. The Morgan fingerprint density at radius 1 is 1.37 bits per heavy atom. The molecule has 7 heteroatoms. The lowest BCUT2D eigenvalue weighted by molar-refractivity contribution is 0.446. The summed E-state index contributed by atoms with van der Waals surface area (Å²) in [5.41, 5.74) is 5.08. The zero-order valence-corrected chi connectivity index (χ0v) is 11.4. The van der Waals surface area contributed by atoms with Crippen LogP contribution in [0.3, 0.4) is 0 Å².